The first-order valence-electron chi connectivity index (χ1n) is 7.63. The third-order valence-electron chi connectivity index (χ3n) is 3.48. The number of unbranched alkanes of at least 4 members (excludes halogenated alkanes) is 1. The summed E-state index contributed by atoms with van der Waals surface area (Å²) in [5, 5.41) is 3.29. The van der Waals surface area contributed by atoms with Crippen LogP contribution in [0, 0.1) is 0 Å². The van der Waals surface area contributed by atoms with Gasteiger partial charge in [-0.15, -0.1) is 0 Å². The predicted octanol–water partition coefficient (Wildman–Crippen LogP) is 3.33. The Kier molecular flexibility index (Phi) is 7.83. The Morgan fingerprint density at radius 3 is 2.52 bits per heavy atom. The van der Waals surface area contributed by atoms with Crippen molar-refractivity contribution < 1.29 is 4.79 Å². The zero-order valence-corrected chi connectivity index (χ0v) is 14.2. The Bertz CT molecular complexity index is 422. The lowest BCUT2D eigenvalue weighted by molar-refractivity contribution is -0.124. The van der Waals surface area contributed by atoms with E-state index in [4.69, 9.17) is 5.73 Å². The number of thioether (sulfide) groups is 1. The van der Waals surface area contributed by atoms with Crippen LogP contribution >= 0.6 is 11.8 Å². The second kappa shape index (κ2) is 9.11. The van der Waals surface area contributed by atoms with Crippen molar-refractivity contribution in [3.05, 3.63) is 35.9 Å². The molecule has 3 N–H and O–H groups in total. The van der Waals surface area contributed by atoms with E-state index in [-0.39, 0.29) is 11.9 Å². The van der Waals surface area contributed by atoms with Crippen LogP contribution in [0.3, 0.4) is 0 Å². The fraction of sp³-hybridized carbons (Fsp3) is 0.588. The first-order chi connectivity index (χ1) is 9.94. The molecule has 4 heteroatoms. The fourth-order valence-electron chi connectivity index (χ4n) is 2.35. The van der Waals surface area contributed by atoms with Crippen molar-refractivity contribution in [2.24, 2.45) is 5.73 Å². The molecule has 21 heavy (non-hydrogen) atoms. The van der Waals surface area contributed by atoms with E-state index in [9.17, 15) is 4.79 Å². The van der Waals surface area contributed by atoms with Crippen molar-refractivity contribution in [3.63, 3.8) is 0 Å². The lowest BCUT2D eigenvalue weighted by Gasteiger charge is -2.29. The van der Waals surface area contributed by atoms with E-state index in [0.717, 1.165) is 30.8 Å². The Hall–Kier alpha value is -1.00. The Morgan fingerprint density at radius 2 is 1.95 bits per heavy atom. The summed E-state index contributed by atoms with van der Waals surface area (Å²) in [4.78, 5) is 11.6. The summed E-state index contributed by atoms with van der Waals surface area (Å²) in [6.45, 7) is 5.99. The first-order valence-corrected chi connectivity index (χ1v) is 8.79. The molecule has 0 aliphatic rings. The minimum Gasteiger partial charge on any atom is -0.368 e. The van der Waals surface area contributed by atoms with Crippen LogP contribution in [0.5, 0.6) is 0 Å². The van der Waals surface area contributed by atoms with Crippen molar-refractivity contribution in [1.82, 2.24) is 5.32 Å². The molecular weight excluding hydrogens is 280 g/mol. The molecule has 0 saturated carbocycles. The molecule has 0 aliphatic heterocycles. The SMILES string of the molecule is CC(C)NC(C)(CCCCSCc1ccccc1)C(N)=O. The highest BCUT2D eigenvalue weighted by atomic mass is 32.2. The number of nitrogens with two attached hydrogens (primary N) is 1. The molecule has 1 atom stereocenters. The molecule has 3 nitrogen and oxygen atoms in total. The number of carbonyl (C=O) groups is 1. The van der Waals surface area contributed by atoms with Gasteiger partial charge in [-0.3, -0.25) is 4.79 Å². The number of nitrogens with one attached hydrogen (secondary N) is 1. The van der Waals surface area contributed by atoms with Crippen LogP contribution in [-0.2, 0) is 10.5 Å². The highest BCUT2D eigenvalue weighted by molar-refractivity contribution is 7.98. The molecule has 1 rings (SSSR count). The van der Waals surface area contributed by atoms with E-state index >= 15 is 0 Å². The molecule has 0 bridgehead atoms. The van der Waals surface area contributed by atoms with Crippen LogP contribution in [0.25, 0.3) is 0 Å². The molecule has 0 radical (unpaired) electrons. The molecular formula is C17H28N2OS. The molecule has 1 aromatic carbocycles. The standard InChI is InChI=1S/C17H28N2OS/c1-14(2)19-17(3,16(18)20)11-7-8-12-21-13-15-9-5-4-6-10-15/h4-6,9-10,14,19H,7-8,11-13H2,1-3H3,(H2,18,20). The van der Waals surface area contributed by atoms with Gasteiger partial charge in [0.25, 0.3) is 0 Å². The van der Waals surface area contributed by atoms with E-state index in [2.05, 4.69) is 29.6 Å². The van der Waals surface area contributed by atoms with Crippen LogP contribution in [0.2, 0.25) is 0 Å². The molecule has 0 heterocycles. The third-order valence-corrected chi connectivity index (χ3v) is 4.59. The molecule has 0 aliphatic carbocycles. The number of amides is 1. The summed E-state index contributed by atoms with van der Waals surface area (Å²) in [5.74, 6) is 1.91. The molecule has 1 aromatic rings. The van der Waals surface area contributed by atoms with E-state index in [1.165, 1.54) is 5.56 Å². The lowest BCUT2D eigenvalue weighted by Crippen LogP contribution is -2.55. The number of benzene rings is 1. The van der Waals surface area contributed by atoms with Gasteiger partial charge in [0.05, 0.1) is 5.54 Å². The van der Waals surface area contributed by atoms with Crippen LogP contribution in [0.1, 0.15) is 45.6 Å². The van der Waals surface area contributed by atoms with E-state index < -0.39 is 5.54 Å². The Morgan fingerprint density at radius 1 is 1.29 bits per heavy atom. The summed E-state index contributed by atoms with van der Waals surface area (Å²) in [5.41, 5.74) is 6.31. The second-order valence-electron chi connectivity index (χ2n) is 5.99. The number of rotatable bonds is 10. The average Bonchev–Trinajstić information content (AvgIpc) is 2.43. The highest BCUT2D eigenvalue weighted by Gasteiger charge is 2.30. The average molecular weight is 308 g/mol. The molecule has 0 saturated heterocycles. The third kappa shape index (κ3) is 7.00. The van der Waals surface area contributed by atoms with Gasteiger partial charge in [0.15, 0.2) is 0 Å². The quantitative estimate of drug-likeness (QED) is 0.652. The Labute approximate surface area is 133 Å². The van der Waals surface area contributed by atoms with Gasteiger partial charge in [0.1, 0.15) is 0 Å². The fourth-order valence-corrected chi connectivity index (χ4v) is 3.33. The van der Waals surface area contributed by atoms with Gasteiger partial charge in [-0.1, -0.05) is 36.8 Å². The predicted molar refractivity (Wildman–Crippen MR) is 92.3 cm³/mol. The molecule has 118 valence electrons. The maximum Gasteiger partial charge on any atom is 0.237 e. The normalized spacial score (nSPS) is 14.1. The van der Waals surface area contributed by atoms with Gasteiger partial charge in [0.2, 0.25) is 5.91 Å². The zero-order chi connectivity index (χ0) is 15.7. The van der Waals surface area contributed by atoms with E-state index in [1.807, 2.05) is 38.6 Å². The molecule has 0 spiro atoms. The highest BCUT2D eigenvalue weighted by Crippen LogP contribution is 2.18. The largest absolute Gasteiger partial charge is 0.368 e. The second-order valence-corrected chi connectivity index (χ2v) is 7.10. The first kappa shape index (κ1) is 18.1. The van der Waals surface area contributed by atoms with Crippen molar-refractivity contribution in [2.45, 2.75) is 57.4 Å². The van der Waals surface area contributed by atoms with Crippen molar-refractivity contribution >= 4 is 17.7 Å². The smallest absolute Gasteiger partial charge is 0.237 e. The molecule has 0 aromatic heterocycles. The van der Waals surface area contributed by atoms with E-state index in [0.29, 0.717) is 0 Å². The van der Waals surface area contributed by atoms with Crippen molar-refractivity contribution in [1.29, 1.82) is 0 Å². The molecule has 1 amide bonds. The summed E-state index contributed by atoms with van der Waals surface area (Å²) in [6.07, 6.45) is 2.92. The maximum atomic E-state index is 11.6. The number of hydrogen-bond donors (Lipinski definition) is 2. The summed E-state index contributed by atoms with van der Waals surface area (Å²) >= 11 is 1.94. The topological polar surface area (TPSA) is 55.1 Å². The Balaban J connectivity index is 2.21. The van der Waals surface area contributed by atoms with E-state index in [1.54, 1.807) is 0 Å². The summed E-state index contributed by atoms with van der Waals surface area (Å²) < 4.78 is 0. The number of carbonyl (C=O) groups excluding carboxylic acids is 1. The minimum absolute atomic E-state index is 0.256. The summed E-state index contributed by atoms with van der Waals surface area (Å²) in [6, 6.07) is 10.8. The van der Waals surface area contributed by atoms with Crippen LogP contribution < -0.4 is 11.1 Å². The van der Waals surface area contributed by atoms with Gasteiger partial charge < -0.3 is 11.1 Å². The van der Waals surface area contributed by atoms with Gasteiger partial charge in [-0.2, -0.15) is 11.8 Å². The number of primary amides is 1. The maximum absolute atomic E-state index is 11.6. The van der Waals surface area contributed by atoms with Gasteiger partial charge >= 0.3 is 0 Å². The summed E-state index contributed by atoms with van der Waals surface area (Å²) in [7, 11) is 0. The van der Waals surface area contributed by atoms with Crippen LogP contribution in [0.15, 0.2) is 30.3 Å². The minimum atomic E-state index is -0.585. The van der Waals surface area contributed by atoms with Crippen LogP contribution in [-0.4, -0.2) is 23.2 Å². The molecule has 0 fully saturated rings. The monoisotopic (exact) mass is 308 g/mol. The van der Waals surface area contributed by atoms with Crippen molar-refractivity contribution in [2.75, 3.05) is 5.75 Å². The van der Waals surface area contributed by atoms with Gasteiger partial charge in [0, 0.05) is 11.8 Å². The number of hydrogen-bond acceptors (Lipinski definition) is 3. The lowest BCUT2D eigenvalue weighted by atomic mass is 9.93. The zero-order valence-electron chi connectivity index (χ0n) is 13.4. The molecule has 1 unspecified atom stereocenters. The van der Waals surface area contributed by atoms with Crippen molar-refractivity contribution in [3.8, 4) is 0 Å². The van der Waals surface area contributed by atoms with Gasteiger partial charge in [-0.05, 0) is 44.9 Å². The van der Waals surface area contributed by atoms with Gasteiger partial charge in [-0.25, -0.2) is 0 Å². The van der Waals surface area contributed by atoms with Crippen LogP contribution in [0.4, 0.5) is 0 Å².